The summed E-state index contributed by atoms with van der Waals surface area (Å²) in [7, 11) is 0. The molecule has 1 heterocycles. The number of carbonyl (C=O) groups is 1. The zero-order valence-electron chi connectivity index (χ0n) is 13.6. The first-order valence-electron chi connectivity index (χ1n) is 8.13. The molecule has 2 fully saturated rings. The molecule has 2 atom stereocenters. The average molecular weight is 282 g/mol. The molecule has 0 aromatic heterocycles. The van der Waals surface area contributed by atoms with Crippen molar-refractivity contribution in [2.75, 3.05) is 6.61 Å². The molecule has 0 aromatic carbocycles. The van der Waals surface area contributed by atoms with E-state index in [9.17, 15) is 4.79 Å². The van der Waals surface area contributed by atoms with E-state index in [1.54, 1.807) is 0 Å². The van der Waals surface area contributed by atoms with Crippen molar-refractivity contribution in [1.29, 1.82) is 0 Å². The Labute approximate surface area is 123 Å². The maximum atomic E-state index is 12.7. The summed E-state index contributed by atoms with van der Waals surface area (Å²) in [6.45, 7) is 11.5. The van der Waals surface area contributed by atoms with Crippen LogP contribution in [0, 0.1) is 11.8 Å². The van der Waals surface area contributed by atoms with Crippen LogP contribution in [0.4, 0.5) is 0 Å². The smallest absolute Gasteiger partial charge is 0.241 e. The van der Waals surface area contributed by atoms with Gasteiger partial charge in [-0.3, -0.25) is 10.1 Å². The fourth-order valence-corrected chi connectivity index (χ4v) is 3.37. The van der Waals surface area contributed by atoms with Crippen LogP contribution in [0.2, 0.25) is 0 Å². The minimum atomic E-state index is 0.00791. The zero-order chi connectivity index (χ0) is 14.9. The number of amides is 1. The molecule has 1 saturated carbocycles. The molecule has 2 unspecified atom stereocenters. The normalized spacial score (nSPS) is 34.1. The van der Waals surface area contributed by atoms with Crippen molar-refractivity contribution in [1.82, 2.24) is 10.2 Å². The summed E-state index contributed by atoms with van der Waals surface area (Å²) in [6, 6.07) is 0.379. The molecule has 0 spiro atoms. The number of hydrogen-bond acceptors (Lipinski definition) is 3. The number of ether oxygens (including phenoxy) is 1. The Kier molecular flexibility index (Phi) is 5.08. The van der Waals surface area contributed by atoms with Gasteiger partial charge in [0.1, 0.15) is 0 Å². The maximum Gasteiger partial charge on any atom is 0.241 e. The van der Waals surface area contributed by atoms with Crippen LogP contribution in [-0.4, -0.2) is 41.8 Å². The fraction of sp³-hybridized carbons (Fsp3) is 0.938. The molecule has 2 rings (SSSR count). The van der Waals surface area contributed by atoms with Crippen molar-refractivity contribution in [3.05, 3.63) is 0 Å². The van der Waals surface area contributed by atoms with Gasteiger partial charge in [0.25, 0.3) is 0 Å². The lowest BCUT2D eigenvalue weighted by Gasteiger charge is -2.44. The van der Waals surface area contributed by atoms with Crippen LogP contribution < -0.4 is 5.32 Å². The van der Waals surface area contributed by atoms with Crippen LogP contribution in [0.1, 0.15) is 53.9 Å². The highest BCUT2D eigenvalue weighted by Gasteiger charge is 2.47. The monoisotopic (exact) mass is 282 g/mol. The number of carbonyl (C=O) groups excluding carboxylic acids is 1. The molecular formula is C16H30N2O2. The zero-order valence-corrected chi connectivity index (χ0v) is 13.6. The molecular weight excluding hydrogens is 252 g/mol. The molecule has 1 aliphatic carbocycles. The number of nitrogens with one attached hydrogen (secondary N) is 1. The number of rotatable bonds is 6. The molecule has 1 aliphatic heterocycles. The van der Waals surface area contributed by atoms with E-state index >= 15 is 0 Å². The first-order valence-corrected chi connectivity index (χ1v) is 8.13. The van der Waals surface area contributed by atoms with E-state index in [1.807, 2.05) is 6.92 Å². The second-order valence-electron chi connectivity index (χ2n) is 6.99. The average Bonchev–Trinajstić information content (AvgIpc) is 2.61. The number of nitrogens with zero attached hydrogens (tertiary/aromatic N) is 1. The van der Waals surface area contributed by atoms with Gasteiger partial charge in [0.05, 0.1) is 18.3 Å². The minimum absolute atomic E-state index is 0.00791. The first-order chi connectivity index (χ1) is 9.43. The van der Waals surface area contributed by atoms with E-state index in [2.05, 4.69) is 37.9 Å². The maximum absolute atomic E-state index is 12.7. The predicted molar refractivity (Wildman–Crippen MR) is 80.3 cm³/mol. The highest BCUT2D eigenvalue weighted by molar-refractivity contribution is 5.84. The summed E-state index contributed by atoms with van der Waals surface area (Å²) in [4.78, 5) is 14.8. The Hall–Kier alpha value is -0.610. The van der Waals surface area contributed by atoms with E-state index in [0.29, 0.717) is 29.9 Å². The SMILES string of the molecule is CCOC1CC(N2C(=O)C(CC(C)C)NC2C(C)C)C1. The van der Waals surface area contributed by atoms with Gasteiger partial charge in [-0.15, -0.1) is 0 Å². The van der Waals surface area contributed by atoms with Crippen molar-refractivity contribution in [2.24, 2.45) is 11.8 Å². The second kappa shape index (κ2) is 6.44. The Morgan fingerprint density at radius 1 is 1.30 bits per heavy atom. The molecule has 1 saturated heterocycles. The summed E-state index contributed by atoms with van der Waals surface area (Å²) >= 11 is 0. The van der Waals surface area contributed by atoms with Crippen LogP contribution >= 0.6 is 0 Å². The Morgan fingerprint density at radius 2 is 1.95 bits per heavy atom. The minimum Gasteiger partial charge on any atom is -0.378 e. The Balaban J connectivity index is 2.00. The van der Waals surface area contributed by atoms with Crippen LogP contribution in [0.5, 0.6) is 0 Å². The highest BCUT2D eigenvalue weighted by atomic mass is 16.5. The molecule has 0 aromatic rings. The van der Waals surface area contributed by atoms with Crippen LogP contribution in [0.3, 0.4) is 0 Å². The first kappa shape index (κ1) is 15.8. The molecule has 4 nitrogen and oxygen atoms in total. The van der Waals surface area contributed by atoms with Gasteiger partial charge in [-0.2, -0.15) is 0 Å². The quantitative estimate of drug-likeness (QED) is 0.813. The van der Waals surface area contributed by atoms with Gasteiger partial charge >= 0.3 is 0 Å². The molecule has 4 heteroatoms. The lowest BCUT2D eigenvalue weighted by atomic mass is 9.86. The largest absolute Gasteiger partial charge is 0.378 e. The molecule has 116 valence electrons. The third-order valence-electron chi connectivity index (χ3n) is 4.43. The summed E-state index contributed by atoms with van der Waals surface area (Å²) in [6.07, 6.45) is 3.48. The van der Waals surface area contributed by atoms with E-state index in [4.69, 9.17) is 4.74 Å². The third-order valence-corrected chi connectivity index (χ3v) is 4.43. The van der Waals surface area contributed by atoms with Gasteiger partial charge in [0, 0.05) is 12.6 Å². The van der Waals surface area contributed by atoms with E-state index in [-0.39, 0.29) is 12.2 Å². The third kappa shape index (κ3) is 3.17. The van der Waals surface area contributed by atoms with Gasteiger partial charge < -0.3 is 9.64 Å². The van der Waals surface area contributed by atoms with E-state index in [1.165, 1.54) is 0 Å². The molecule has 0 bridgehead atoms. The topological polar surface area (TPSA) is 41.6 Å². The van der Waals surface area contributed by atoms with Crippen molar-refractivity contribution in [2.45, 2.75) is 78.2 Å². The van der Waals surface area contributed by atoms with E-state index < -0.39 is 0 Å². The Morgan fingerprint density at radius 3 is 2.45 bits per heavy atom. The van der Waals surface area contributed by atoms with Crippen molar-refractivity contribution in [3.8, 4) is 0 Å². The van der Waals surface area contributed by atoms with E-state index in [0.717, 1.165) is 25.9 Å². The molecule has 0 radical (unpaired) electrons. The summed E-state index contributed by atoms with van der Waals surface area (Å²) in [5.74, 6) is 1.29. The van der Waals surface area contributed by atoms with Crippen LogP contribution in [-0.2, 0) is 9.53 Å². The second-order valence-corrected chi connectivity index (χ2v) is 6.99. The van der Waals surface area contributed by atoms with Gasteiger partial charge in [-0.25, -0.2) is 0 Å². The van der Waals surface area contributed by atoms with Crippen molar-refractivity contribution < 1.29 is 9.53 Å². The molecule has 1 amide bonds. The summed E-state index contributed by atoms with van der Waals surface area (Å²) < 4.78 is 5.63. The molecule has 20 heavy (non-hydrogen) atoms. The van der Waals surface area contributed by atoms with Crippen LogP contribution in [0.15, 0.2) is 0 Å². The summed E-state index contributed by atoms with van der Waals surface area (Å²) in [5, 5.41) is 3.55. The van der Waals surface area contributed by atoms with Gasteiger partial charge in [0.15, 0.2) is 0 Å². The number of hydrogen-bond donors (Lipinski definition) is 1. The van der Waals surface area contributed by atoms with Gasteiger partial charge in [0.2, 0.25) is 5.91 Å². The van der Waals surface area contributed by atoms with Gasteiger partial charge in [-0.1, -0.05) is 27.7 Å². The molecule has 1 N–H and O–H groups in total. The predicted octanol–water partition coefficient (Wildman–Crippen LogP) is 2.38. The fourth-order valence-electron chi connectivity index (χ4n) is 3.37. The van der Waals surface area contributed by atoms with Crippen molar-refractivity contribution in [3.63, 3.8) is 0 Å². The standard InChI is InChI=1S/C16H30N2O2/c1-6-20-13-8-12(9-13)18-15(11(4)5)17-14(16(18)19)7-10(2)3/h10-15,17H,6-9H2,1-5H3. The summed E-state index contributed by atoms with van der Waals surface area (Å²) in [5.41, 5.74) is 0. The Bertz CT molecular complexity index is 337. The highest BCUT2D eigenvalue weighted by Crippen LogP contribution is 2.34. The lowest BCUT2D eigenvalue weighted by molar-refractivity contribution is -0.139. The van der Waals surface area contributed by atoms with Crippen LogP contribution in [0.25, 0.3) is 0 Å². The van der Waals surface area contributed by atoms with Crippen molar-refractivity contribution >= 4 is 5.91 Å². The molecule has 2 aliphatic rings. The van der Waals surface area contributed by atoms with Gasteiger partial charge in [-0.05, 0) is 38.0 Å². The lowest BCUT2D eigenvalue weighted by Crippen LogP contribution is -2.54.